The second-order valence-corrected chi connectivity index (χ2v) is 4.51. The van der Waals surface area contributed by atoms with Gasteiger partial charge >= 0.3 is 11.9 Å². The number of ether oxygens (including phenoxy) is 1. The predicted molar refractivity (Wildman–Crippen MR) is 56.4 cm³/mol. The Morgan fingerprint density at radius 1 is 1.25 bits per heavy atom. The van der Waals surface area contributed by atoms with E-state index < -0.39 is 47.5 Å². The van der Waals surface area contributed by atoms with E-state index in [1.165, 1.54) is 0 Å². The van der Waals surface area contributed by atoms with Crippen molar-refractivity contribution in [2.24, 2.45) is 5.92 Å². The molecule has 3 unspecified atom stereocenters. The van der Waals surface area contributed by atoms with Gasteiger partial charge in [-0.1, -0.05) is 5.06 Å². The predicted octanol–water partition coefficient (Wildman–Crippen LogP) is 1.25. The van der Waals surface area contributed by atoms with Crippen LogP contribution in [-0.4, -0.2) is 29.8 Å². The summed E-state index contributed by atoms with van der Waals surface area (Å²) in [5.74, 6) is -5.01. The Kier molecular flexibility index (Phi) is 2.89. The molecule has 2 heterocycles. The van der Waals surface area contributed by atoms with Crippen LogP contribution in [0.1, 0.15) is 11.7 Å². The summed E-state index contributed by atoms with van der Waals surface area (Å²) in [6.07, 6.45) is -2.99. The van der Waals surface area contributed by atoms with Gasteiger partial charge in [0.05, 0.1) is 12.5 Å². The second kappa shape index (κ2) is 4.48. The van der Waals surface area contributed by atoms with Crippen molar-refractivity contribution in [2.45, 2.75) is 12.4 Å². The number of rotatable bonds is 2. The summed E-state index contributed by atoms with van der Waals surface area (Å²) in [6, 6.07) is 2.45. The van der Waals surface area contributed by atoms with E-state index in [0.29, 0.717) is 0 Å². The van der Waals surface area contributed by atoms with Crippen molar-refractivity contribution >= 4 is 11.9 Å². The zero-order chi connectivity index (χ0) is 14.4. The molecule has 5 nitrogen and oxygen atoms in total. The lowest BCUT2D eigenvalue weighted by atomic mass is 9.89. The average molecular weight is 287 g/mol. The van der Waals surface area contributed by atoms with Crippen LogP contribution in [0.3, 0.4) is 0 Å². The SMILES string of the molecule is O=C1OC2C(C(F)c3cc(F)ccc3F)CN2OC1=O. The lowest BCUT2D eigenvalue weighted by Gasteiger charge is -2.47. The highest BCUT2D eigenvalue weighted by Crippen LogP contribution is 2.41. The van der Waals surface area contributed by atoms with Gasteiger partial charge in [0.1, 0.15) is 17.8 Å². The zero-order valence-corrected chi connectivity index (χ0v) is 9.89. The molecule has 2 saturated heterocycles. The number of hydrogen-bond acceptors (Lipinski definition) is 5. The van der Waals surface area contributed by atoms with Crippen LogP contribution >= 0.6 is 0 Å². The van der Waals surface area contributed by atoms with E-state index in [1.54, 1.807) is 0 Å². The lowest BCUT2D eigenvalue weighted by Crippen LogP contribution is -2.63. The number of fused-ring (bicyclic) bond motifs is 1. The van der Waals surface area contributed by atoms with Gasteiger partial charge in [0.15, 0.2) is 6.23 Å². The summed E-state index contributed by atoms with van der Waals surface area (Å²) in [7, 11) is 0. The molecule has 106 valence electrons. The van der Waals surface area contributed by atoms with E-state index >= 15 is 0 Å². The van der Waals surface area contributed by atoms with Crippen LogP contribution in [0.15, 0.2) is 18.2 Å². The van der Waals surface area contributed by atoms with E-state index in [0.717, 1.165) is 23.3 Å². The highest BCUT2D eigenvalue weighted by Gasteiger charge is 2.54. The van der Waals surface area contributed by atoms with Gasteiger partial charge in [0.25, 0.3) is 0 Å². The van der Waals surface area contributed by atoms with E-state index in [1.807, 2.05) is 0 Å². The molecule has 0 spiro atoms. The third-order valence-electron chi connectivity index (χ3n) is 3.27. The number of esters is 1. The van der Waals surface area contributed by atoms with Crippen LogP contribution in [0.25, 0.3) is 0 Å². The maximum absolute atomic E-state index is 14.3. The van der Waals surface area contributed by atoms with Crippen LogP contribution in [0, 0.1) is 17.6 Å². The summed E-state index contributed by atoms with van der Waals surface area (Å²) in [5, 5.41) is 0.984. The monoisotopic (exact) mass is 287 g/mol. The summed E-state index contributed by atoms with van der Waals surface area (Å²) < 4.78 is 45.5. The number of halogens is 3. The summed E-state index contributed by atoms with van der Waals surface area (Å²) in [6.45, 7) is -0.0686. The van der Waals surface area contributed by atoms with Gasteiger partial charge in [-0.15, -0.1) is 0 Å². The maximum Gasteiger partial charge on any atom is 0.436 e. The fourth-order valence-electron chi connectivity index (χ4n) is 2.21. The molecule has 0 amide bonds. The topological polar surface area (TPSA) is 55.8 Å². The third-order valence-corrected chi connectivity index (χ3v) is 3.27. The summed E-state index contributed by atoms with van der Waals surface area (Å²) in [4.78, 5) is 26.5. The summed E-state index contributed by atoms with van der Waals surface area (Å²) >= 11 is 0. The molecular weight excluding hydrogens is 279 g/mol. The molecule has 8 heteroatoms. The minimum Gasteiger partial charge on any atom is -0.434 e. The summed E-state index contributed by atoms with van der Waals surface area (Å²) in [5.41, 5.74) is -0.456. The molecule has 2 fully saturated rings. The molecule has 0 N–H and O–H groups in total. The van der Waals surface area contributed by atoms with Crippen molar-refractivity contribution in [2.75, 3.05) is 6.54 Å². The van der Waals surface area contributed by atoms with Crippen molar-refractivity contribution in [3.63, 3.8) is 0 Å². The maximum atomic E-state index is 14.3. The number of alkyl halides is 1. The van der Waals surface area contributed by atoms with Gasteiger partial charge in [-0.25, -0.2) is 22.8 Å². The zero-order valence-electron chi connectivity index (χ0n) is 9.89. The van der Waals surface area contributed by atoms with Gasteiger partial charge in [-0.3, -0.25) is 0 Å². The largest absolute Gasteiger partial charge is 0.436 e. The smallest absolute Gasteiger partial charge is 0.434 e. The number of carbonyl (C=O) groups excluding carboxylic acids is 2. The molecule has 0 saturated carbocycles. The number of nitrogens with zero attached hydrogens (tertiary/aromatic N) is 1. The Morgan fingerprint density at radius 2 is 2.00 bits per heavy atom. The standard InChI is InChI=1S/C12H8F3NO4/c13-5-1-2-8(14)6(3-5)9(15)7-4-16-10(7)19-11(17)12(18)20-16/h1-3,7,9-10H,4H2. The number of benzene rings is 1. The first-order chi connectivity index (χ1) is 9.47. The highest BCUT2D eigenvalue weighted by atomic mass is 19.1. The van der Waals surface area contributed by atoms with Crippen molar-refractivity contribution in [1.82, 2.24) is 5.06 Å². The Labute approximate surface area is 110 Å². The molecule has 0 radical (unpaired) electrons. The first-order valence-corrected chi connectivity index (χ1v) is 5.76. The van der Waals surface area contributed by atoms with E-state index in [9.17, 15) is 22.8 Å². The quantitative estimate of drug-likeness (QED) is 0.605. The molecule has 0 aromatic heterocycles. The van der Waals surface area contributed by atoms with Crippen LogP contribution in [0.5, 0.6) is 0 Å². The molecular formula is C12H8F3NO4. The van der Waals surface area contributed by atoms with Crippen LogP contribution < -0.4 is 0 Å². The molecule has 3 rings (SSSR count). The van der Waals surface area contributed by atoms with Gasteiger partial charge in [-0.2, -0.15) is 0 Å². The van der Waals surface area contributed by atoms with Gasteiger partial charge in [0.2, 0.25) is 0 Å². The minimum atomic E-state index is -1.88. The first-order valence-electron chi connectivity index (χ1n) is 5.76. The van der Waals surface area contributed by atoms with E-state index in [4.69, 9.17) is 0 Å². The van der Waals surface area contributed by atoms with E-state index in [-0.39, 0.29) is 6.54 Å². The second-order valence-electron chi connectivity index (χ2n) is 4.51. The minimum absolute atomic E-state index is 0.0686. The molecule has 1 aromatic carbocycles. The van der Waals surface area contributed by atoms with Gasteiger partial charge < -0.3 is 9.57 Å². The van der Waals surface area contributed by atoms with Gasteiger partial charge in [-0.05, 0) is 18.2 Å². The Morgan fingerprint density at radius 3 is 2.75 bits per heavy atom. The van der Waals surface area contributed by atoms with Gasteiger partial charge in [0, 0.05) is 5.56 Å². The van der Waals surface area contributed by atoms with Crippen LogP contribution in [0.2, 0.25) is 0 Å². The van der Waals surface area contributed by atoms with Crippen LogP contribution in [0.4, 0.5) is 13.2 Å². The molecule has 2 aliphatic rings. The highest BCUT2D eigenvalue weighted by molar-refractivity contribution is 6.30. The molecule has 1 aromatic rings. The number of hydrogen-bond donors (Lipinski definition) is 0. The van der Waals surface area contributed by atoms with E-state index in [2.05, 4.69) is 9.57 Å². The number of carbonyl (C=O) groups is 2. The molecule has 20 heavy (non-hydrogen) atoms. The molecule has 0 aliphatic carbocycles. The van der Waals surface area contributed by atoms with Crippen molar-refractivity contribution in [3.8, 4) is 0 Å². The molecule has 3 atom stereocenters. The van der Waals surface area contributed by atoms with Crippen molar-refractivity contribution < 1.29 is 32.3 Å². The van der Waals surface area contributed by atoms with Crippen molar-refractivity contribution in [1.29, 1.82) is 0 Å². The Balaban J connectivity index is 1.79. The number of hydroxylamine groups is 2. The van der Waals surface area contributed by atoms with Crippen molar-refractivity contribution in [3.05, 3.63) is 35.4 Å². The lowest BCUT2D eigenvalue weighted by molar-refractivity contribution is -0.330. The Hall–Kier alpha value is -2.09. The third kappa shape index (κ3) is 1.92. The van der Waals surface area contributed by atoms with Crippen LogP contribution in [-0.2, 0) is 19.2 Å². The molecule has 2 aliphatic heterocycles. The normalized spacial score (nSPS) is 27.1. The fourth-order valence-corrected chi connectivity index (χ4v) is 2.21. The first kappa shape index (κ1) is 12.9. The average Bonchev–Trinajstić information content (AvgIpc) is 2.40. The fraction of sp³-hybridized carbons (Fsp3) is 0.333. The Bertz CT molecular complexity index is 594. The molecule has 0 bridgehead atoms.